The summed E-state index contributed by atoms with van der Waals surface area (Å²) in [6.07, 6.45) is 0.728. The van der Waals surface area contributed by atoms with Crippen molar-refractivity contribution in [3.05, 3.63) is 76.5 Å². The fourth-order valence-electron chi connectivity index (χ4n) is 5.73. The van der Waals surface area contributed by atoms with E-state index < -0.39 is 11.9 Å². The van der Waals surface area contributed by atoms with E-state index in [1.54, 1.807) is 41.3 Å². The number of rotatable bonds is 6. The van der Waals surface area contributed by atoms with Gasteiger partial charge in [-0.05, 0) is 54.8 Å². The van der Waals surface area contributed by atoms with E-state index in [2.05, 4.69) is 25.7 Å². The van der Waals surface area contributed by atoms with Crippen LogP contribution in [0.5, 0.6) is 0 Å². The van der Waals surface area contributed by atoms with Gasteiger partial charge in [-0.25, -0.2) is 0 Å². The number of nitrogens with zero attached hydrogens (tertiary/aromatic N) is 4. The number of carbonyl (C=O) groups excluding carboxylic acids is 5. The lowest BCUT2D eigenvalue weighted by molar-refractivity contribution is -0.137. The number of anilines is 2. The molecule has 3 aliphatic heterocycles. The average Bonchev–Trinajstić information content (AvgIpc) is 3.54. The molecule has 0 saturated carbocycles. The van der Waals surface area contributed by atoms with Gasteiger partial charge in [-0.2, -0.15) is 5.10 Å². The number of imide groups is 1. The summed E-state index contributed by atoms with van der Waals surface area (Å²) < 4.78 is 0. The van der Waals surface area contributed by atoms with Crippen molar-refractivity contribution in [3.63, 3.8) is 0 Å². The molecule has 42 heavy (non-hydrogen) atoms. The van der Waals surface area contributed by atoms with Gasteiger partial charge in [0.15, 0.2) is 5.82 Å². The smallest absolute Gasteiger partial charge is 0.255 e. The molecule has 0 spiro atoms. The normalized spacial score (nSPS) is 18.6. The van der Waals surface area contributed by atoms with Crippen LogP contribution in [0.15, 0.2) is 48.5 Å². The fourth-order valence-corrected chi connectivity index (χ4v) is 5.73. The van der Waals surface area contributed by atoms with E-state index in [0.29, 0.717) is 56.1 Å². The lowest BCUT2D eigenvalue weighted by atomic mass is 10.0. The van der Waals surface area contributed by atoms with Gasteiger partial charge in [0.25, 0.3) is 11.8 Å². The molecule has 1 atom stereocenters. The molecule has 5 amide bonds. The number of carbonyl (C=O) groups is 5. The first-order valence-corrected chi connectivity index (χ1v) is 14.0. The summed E-state index contributed by atoms with van der Waals surface area (Å²) in [6.45, 7) is 4.55. The van der Waals surface area contributed by atoms with E-state index in [0.717, 1.165) is 22.5 Å². The number of aryl methyl sites for hydroxylation is 1. The molecule has 3 N–H and O–H groups in total. The fraction of sp³-hybridized carbons (Fsp3) is 0.333. The van der Waals surface area contributed by atoms with Gasteiger partial charge >= 0.3 is 0 Å². The maximum atomic E-state index is 13.2. The van der Waals surface area contributed by atoms with Crippen LogP contribution in [0, 0.1) is 6.92 Å². The van der Waals surface area contributed by atoms with E-state index in [1.807, 2.05) is 24.0 Å². The van der Waals surface area contributed by atoms with Crippen molar-refractivity contribution in [1.82, 2.24) is 25.3 Å². The summed E-state index contributed by atoms with van der Waals surface area (Å²) in [7, 11) is 0. The van der Waals surface area contributed by atoms with Crippen molar-refractivity contribution in [2.24, 2.45) is 0 Å². The van der Waals surface area contributed by atoms with Gasteiger partial charge in [-0.3, -0.25) is 34.4 Å². The lowest BCUT2D eigenvalue weighted by Crippen LogP contribution is -2.52. The van der Waals surface area contributed by atoms with Crippen molar-refractivity contribution >= 4 is 41.0 Å². The highest BCUT2D eigenvalue weighted by molar-refractivity contribution is 6.05. The van der Waals surface area contributed by atoms with Crippen LogP contribution < -0.4 is 15.5 Å². The number of piperazine rings is 1. The molecule has 2 aromatic carbocycles. The highest BCUT2D eigenvalue weighted by Gasteiger charge is 2.39. The number of aromatic nitrogens is 2. The van der Waals surface area contributed by atoms with Gasteiger partial charge in [0, 0.05) is 67.7 Å². The molecule has 12 heteroatoms. The molecule has 216 valence electrons. The zero-order valence-corrected chi connectivity index (χ0v) is 23.2. The maximum absolute atomic E-state index is 13.2. The lowest BCUT2D eigenvalue weighted by Gasteiger charge is -2.36. The van der Waals surface area contributed by atoms with Crippen LogP contribution in [0.3, 0.4) is 0 Å². The van der Waals surface area contributed by atoms with Gasteiger partial charge in [-0.15, -0.1) is 0 Å². The number of hydrogen-bond donors (Lipinski definition) is 3. The van der Waals surface area contributed by atoms with E-state index in [9.17, 15) is 24.0 Å². The predicted molar refractivity (Wildman–Crippen MR) is 153 cm³/mol. The van der Waals surface area contributed by atoms with E-state index in [4.69, 9.17) is 0 Å². The second kappa shape index (κ2) is 11.1. The monoisotopic (exact) mass is 569 g/mol. The van der Waals surface area contributed by atoms with Crippen LogP contribution in [0.4, 0.5) is 11.5 Å². The van der Waals surface area contributed by atoms with E-state index in [1.165, 1.54) is 0 Å². The van der Waals surface area contributed by atoms with Gasteiger partial charge in [0.1, 0.15) is 6.04 Å². The molecular weight excluding hydrogens is 538 g/mol. The molecule has 3 aliphatic rings. The summed E-state index contributed by atoms with van der Waals surface area (Å²) >= 11 is 0. The summed E-state index contributed by atoms with van der Waals surface area (Å²) in [6, 6.07) is 13.9. The average molecular weight is 570 g/mol. The first-order valence-electron chi connectivity index (χ1n) is 14.0. The van der Waals surface area contributed by atoms with Crippen LogP contribution in [0.25, 0.3) is 0 Å². The third-order valence-electron chi connectivity index (χ3n) is 7.98. The van der Waals surface area contributed by atoms with Crippen LogP contribution in [0.1, 0.15) is 50.4 Å². The highest BCUT2D eigenvalue weighted by atomic mass is 16.2. The zero-order chi connectivity index (χ0) is 29.4. The molecule has 0 radical (unpaired) electrons. The molecule has 3 aromatic rings. The second-order valence-corrected chi connectivity index (χ2v) is 10.9. The molecule has 0 bridgehead atoms. The number of nitrogens with one attached hydrogen (secondary N) is 3. The third kappa shape index (κ3) is 5.47. The van der Waals surface area contributed by atoms with Crippen LogP contribution in [-0.4, -0.2) is 81.8 Å². The van der Waals surface area contributed by atoms with Crippen LogP contribution in [-0.2, 0) is 27.3 Å². The first-order chi connectivity index (χ1) is 20.2. The molecule has 1 unspecified atom stereocenters. The molecule has 12 nitrogen and oxygen atoms in total. The Bertz CT molecular complexity index is 1570. The van der Waals surface area contributed by atoms with Crippen molar-refractivity contribution in [1.29, 1.82) is 0 Å². The van der Waals surface area contributed by atoms with Crippen molar-refractivity contribution in [3.8, 4) is 0 Å². The number of benzene rings is 2. The third-order valence-corrected chi connectivity index (χ3v) is 7.98. The number of aromatic amines is 1. The number of fused-ring (bicyclic) bond motifs is 1. The summed E-state index contributed by atoms with van der Waals surface area (Å²) in [5.41, 5.74) is 4.62. The van der Waals surface area contributed by atoms with Crippen LogP contribution in [0.2, 0.25) is 0 Å². The Morgan fingerprint density at radius 2 is 1.76 bits per heavy atom. The Morgan fingerprint density at radius 3 is 2.45 bits per heavy atom. The number of H-pyrrole nitrogens is 1. The summed E-state index contributed by atoms with van der Waals surface area (Å²) in [4.78, 5) is 67.9. The SMILES string of the molecule is Cc1cc(NC(=O)Cc2ccc(C(=O)N3CCN(c4ccc5c(c4)CN(C4CCC(=O)NC4=O)C5=O)CC3)cc2)n[nH]1. The molecular formula is C30H31N7O5. The minimum atomic E-state index is -0.641. The highest BCUT2D eigenvalue weighted by Crippen LogP contribution is 2.31. The van der Waals surface area contributed by atoms with Gasteiger partial charge in [0.2, 0.25) is 17.7 Å². The number of piperidine rings is 1. The topological polar surface area (TPSA) is 148 Å². The first kappa shape index (κ1) is 27.2. The zero-order valence-electron chi connectivity index (χ0n) is 23.2. The van der Waals surface area contributed by atoms with Crippen molar-refractivity contribution in [2.45, 2.75) is 38.8 Å². The van der Waals surface area contributed by atoms with Gasteiger partial charge in [-0.1, -0.05) is 12.1 Å². The Kier molecular flexibility index (Phi) is 7.19. The molecule has 6 rings (SSSR count). The Labute approximate surface area is 242 Å². The second-order valence-electron chi connectivity index (χ2n) is 10.9. The van der Waals surface area contributed by atoms with Crippen molar-refractivity contribution in [2.75, 3.05) is 36.4 Å². The molecule has 2 saturated heterocycles. The molecule has 0 aliphatic carbocycles. The van der Waals surface area contributed by atoms with E-state index >= 15 is 0 Å². The van der Waals surface area contributed by atoms with Crippen molar-refractivity contribution < 1.29 is 24.0 Å². The minimum Gasteiger partial charge on any atom is -0.368 e. The summed E-state index contributed by atoms with van der Waals surface area (Å²) in [5.74, 6) is -0.687. The Balaban J connectivity index is 1.03. The Hall–Kier alpha value is -5.00. The molecule has 2 fully saturated rings. The van der Waals surface area contributed by atoms with Gasteiger partial charge < -0.3 is 20.0 Å². The molecule has 1 aromatic heterocycles. The number of hydrogen-bond acceptors (Lipinski definition) is 7. The standard InChI is InChI=1S/C30H31N7O5/c1-18-14-25(34-33-18)31-27(39)15-19-2-4-20(5-3-19)29(41)36-12-10-35(11-13-36)22-6-7-23-21(16-22)17-37(30(23)42)24-8-9-26(38)32-28(24)40/h2-7,14,16,24H,8-13,15,17H2,1H3,(H,32,38,40)(H2,31,33,34,39). The largest absolute Gasteiger partial charge is 0.368 e. The predicted octanol–water partition coefficient (Wildman–Crippen LogP) is 1.62. The quantitative estimate of drug-likeness (QED) is 0.382. The van der Waals surface area contributed by atoms with Crippen LogP contribution >= 0.6 is 0 Å². The maximum Gasteiger partial charge on any atom is 0.255 e. The van der Waals surface area contributed by atoms with E-state index in [-0.39, 0.29) is 36.5 Å². The minimum absolute atomic E-state index is 0.0583. The molecule has 4 heterocycles. The van der Waals surface area contributed by atoms with Gasteiger partial charge in [0.05, 0.1) is 6.42 Å². The summed E-state index contributed by atoms with van der Waals surface area (Å²) in [5, 5.41) is 11.9. The number of amides is 5. The Morgan fingerprint density at radius 1 is 1.00 bits per heavy atom.